The molecule has 0 N–H and O–H groups in total. The molecule has 0 aliphatic rings. The monoisotopic (exact) mass is 394 g/mol. The van der Waals surface area contributed by atoms with Crippen LogP contribution in [0.25, 0.3) is 11.4 Å². The van der Waals surface area contributed by atoms with Gasteiger partial charge in [0.1, 0.15) is 5.75 Å². The van der Waals surface area contributed by atoms with Crippen molar-refractivity contribution in [3.63, 3.8) is 0 Å². The van der Waals surface area contributed by atoms with Crippen molar-refractivity contribution in [3.8, 4) is 17.1 Å². The van der Waals surface area contributed by atoms with Gasteiger partial charge in [-0.25, -0.2) is 0 Å². The second-order valence-corrected chi connectivity index (χ2v) is 7.11. The topological polar surface area (TPSA) is 87.1 Å². The zero-order valence-electron chi connectivity index (χ0n) is 15.5. The van der Waals surface area contributed by atoms with Crippen LogP contribution in [0.3, 0.4) is 0 Å². The van der Waals surface area contributed by atoms with Gasteiger partial charge in [-0.15, -0.1) is 10.2 Å². The van der Waals surface area contributed by atoms with Gasteiger partial charge in [0.05, 0.1) is 5.75 Å². The van der Waals surface area contributed by atoms with E-state index >= 15 is 0 Å². The van der Waals surface area contributed by atoms with Crippen molar-refractivity contribution < 1.29 is 13.7 Å². The van der Waals surface area contributed by atoms with Gasteiger partial charge in [-0.1, -0.05) is 53.3 Å². The summed E-state index contributed by atoms with van der Waals surface area (Å²) < 4.78 is 16.6. The first-order valence-corrected chi connectivity index (χ1v) is 9.69. The van der Waals surface area contributed by atoms with Crippen LogP contribution in [0.2, 0.25) is 0 Å². The van der Waals surface area contributed by atoms with Gasteiger partial charge in [-0.3, -0.25) is 0 Å². The highest BCUT2D eigenvalue weighted by molar-refractivity contribution is 7.98. The van der Waals surface area contributed by atoms with E-state index in [0.717, 1.165) is 22.4 Å². The third-order valence-corrected chi connectivity index (χ3v) is 4.78. The van der Waals surface area contributed by atoms with E-state index in [2.05, 4.69) is 20.3 Å². The highest BCUT2D eigenvalue weighted by Gasteiger charge is 2.13. The number of hydrogen-bond donors (Lipinski definition) is 0. The minimum Gasteiger partial charge on any atom is -0.484 e. The number of aromatic nitrogens is 4. The van der Waals surface area contributed by atoms with E-state index in [9.17, 15) is 0 Å². The highest BCUT2D eigenvalue weighted by Crippen LogP contribution is 2.24. The predicted molar refractivity (Wildman–Crippen MR) is 104 cm³/mol. The summed E-state index contributed by atoms with van der Waals surface area (Å²) >= 11 is 1.34. The number of thioether (sulfide) groups is 1. The Morgan fingerprint density at radius 1 is 1.00 bits per heavy atom. The fourth-order valence-electron chi connectivity index (χ4n) is 2.58. The lowest BCUT2D eigenvalue weighted by Crippen LogP contribution is -1.95. The number of nitrogens with zero attached hydrogens (tertiary/aromatic N) is 4. The molecule has 4 aromatic rings. The molecule has 0 spiro atoms. The van der Waals surface area contributed by atoms with Crippen molar-refractivity contribution in [2.45, 2.75) is 31.4 Å². The molecule has 2 aromatic carbocycles. The highest BCUT2D eigenvalue weighted by atomic mass is 32.2. The van der Waals surface area contributed by atoms with Crippen LogP contribution in [0.1, 0.15) is 22.9 Å². The molecule has 0 bridgehead atoms. The zero-order chi connectivity index (χ0) is 19.3. The minimum absolute atomic E-state index is 0.217. The van der Waals surface area contributed by atoms with Crippen LogP contribution >= 0.6 is 11.8 Å². The van der Waals surface area contributed by atoms with Gasteiger partial charge < -0.3 is 13.7 Å². The molecular formula is C20H18N4O3S. The van der Waals surface area contributed by atoms with E-state index in [0.29, 0.717) is 28.6 Å². The smallest absolute Gasteiger partial charge is 0.277 e. The summed E-state index contributed by atoms with van der Waals surface area (Å²) in [5.41, 5.74) is 3.18. The van der Waals surface area contributed by atoms with Crippen LogP contribution in [0.4, 0.5) is 0 Å². The molecule has 0 aliphatic heterocycles. The second-order valence-electron chi connectivity index (χ2n) is 6.18. The summed E-state index contributed by atoms with van der Waals surface area (Å²) in [6.07, 6.45) is 0. The summed E-state index contributed by atoms with van der Waals surface area (Å²) in [7, 11) is 0. The maximum Gasteiger partial charge on any atom is 0.277 e. The standard InChI is InChI=1S/C20H18N4O3S/c1-13-6-5-8-15(10-13)25-11-17-22-23-20(26-17)28-12-18-21-19(24-27-18)16-9-4-3-7-14(16)2/h3-10H,11-12H2,1-2H3. The molecule has 0 saturated carbocycles. The van der Waals surface area contributed by atoms with Crippen molar-refractivity contribution >= 4 is 11.8 Å². The Hall–Kier alpha value is -3.13. The van der Waals surface area contributed by atoms with Crippen LogP contribution in [0.5, 0.6) is 5.75 Å². The molecule has 0 saturated heterocycles. The molecular weight excluding hydrogens is 376 g/mol. The van der Waals surface area contributed by atoms with E-state index in [1.54, 1.807) is 0 Å². The first kappa shape index (κ1) is 18.2. The van der Waals surface area contributed by atoms with Gasteiger partial charge in [-0.2, -0.15) is 4.98 Å². The molecule has 0 unspecified atom stereocenters. The molecule has 28 heavy (non-hydrogen) atoms. The molecule has 0 radical (unpaired) electrons. The second kappa shape index (κ2) is 8.26. The Bertz CT molecular complexity index is 1080. The molecule has 7 nitrogen and oxygen atoms in total. The average molecular weight is 394 g/mol. The van der Waals surface area contributed by atoms with E-state index in [-0.39, 0.29) is 6.61 Å². The molecule has 0 fully saturated rings. The summed E-state index contributed by atoms with van der Waals surface area (Å²) in [6.45, 7) is 4.24. The van der Waals surface area contributed by atoms with Crippen LogP contribution in [-0.2, 0) is 12.4 Å². The van der Waals surface area contributed by atoms with Gasteiger partial charge in [0.15, 0.2) is 6.61 Å². The fraction of sp³-hybridized carbons (Fsp3) is 0.200. The Balaban J connectivity index is 1.33. The number of hydrogen-bond acceptors (Lipinski definition) is 8. The number of aryl methyl sites for hydroxylation is 2. The third kappa shape index (κ3) is 4.40. The van der Waals surface area contributed by atoms with Gasteiger partial charge in [0, 0.05) is 5.56 Å². The van der Waals surface area contributed by atoms with E-state index in [1.807, 2.05) is 62.4 Å². The van der Waals surface area contributed by atoms with Crippen molar-refractivity contribution in [1.82, 2.24) is 20.3 Å². The Morgan fingerprint density at radius 3 is 2.75 bits per heavy atom. The number of ether oxygens (including phenoxy) is 1. The molecule has 4 rings (SSSR count). The minimum atomic E-state index is 0.217. The first-order chi connectivity index (χ1) is 13.7. The lowest BCUT2D eigenvalue weighted by atomic mass is 10.1. The largest absolute Gasteiger partial charge is 0.484 e. The Morgan fingerprint density at radius 2 is 1.89 bits per heavy atom. The van der Waals surface area contributed by atoms with Gasteiger partial charge in [0.2, 0.25) is 11.7 Å². The van der Waals surface area contributed by atoms with Crippen molar-refractivity contribution in [3.05, 3.63) is 71.4 Å². The number of rotatable bonds is 7. The van der Waals surface area contributed by atoms with Gasteiger partial charge in [0.25, 0.3) is 11.1 Å². The normalized spacial score (nSPS) is 10.9. The first-order valence-electron chi connectivity index (χ1n) is 8.70. The molecule has 2 heterocycles. The Labute approximate surface area is 166 Å². The van der Waals surface area contributed by atoms with E-state index in [1.165, 1.54) is 11.8 Å². The van der Waals surface area contributed by atoms with Crippen LogP contribution in [0.15, 0.2) is 62.7 Å². The summed E-state index contributed by atoms with van der Waals surface area (Å²) in [5.74, 6) is 2.70. The molecule has 2 aromatic heterocycles. The molecule has 0 amide bonds. The maximum absolute atomic E-state index is 5.67. The lowest BCUT2D eigenvalue weighted by molar-refractivity contribution is 0.252. The SMILES string of the molecule is Cc1cccc(OCc2nnc(SCc3nc(-c4ccccc4C)no3)o2)c1. The van der Waals surface area contributed by atoms with Gasteiger partial charge in [-0.05, 0) is 37.1 Å². The molecule has 8 heteroatoms. The zero-order valence-corrected chi connectivity index (χ0v) is 16.3. The van der Waals surface area contributed by atoms with E-state index < -0.39 is 0 Å². The average Bonchev–Trinajstić information content (AvgIpc) is 3.35. The third-order valence-electron chi connectivity index (χ3n) is 3.97. The predicted octanol–water partition coefficient (Wildman–Crippen LogP) is 4.61. The molecule has 142 valence electrons. The Kier molecular flexibility index (Phi) is 5.38. The lowest BCUT2D eigenvalue weighted by Gasteiger charge is -2.03. The summed E-state index contributed by atoms with van der Waals surface area (Å²) in [5, 5.41) is 12.5. The van der Waals surface area contributed by atoms with Crippen molar-refractivity contribution in [2.75, 3.05) is 0 Å². The van der Waals surface area contributed by atoms with Crippen molar-refractivity contribution in [1.29, 1.82) is 0 Å². The maximum atomic E-state index is 5.67. The van der Waals surface area contributed by atoms with Crippen LogP contribution < -0.4 is 4.74 Å². The van der Waals surface area contributed by atoms with Crippen molar-refractivity contribution in [2.24, 2.45) is 0 Å². The summed E-state index contributed by atoms with van der Waals surface area (Å²) in [6, 6.07) is 15.7. The summed E-state index contributed by atoms with van der Waals surface area (Å²) in [4.78, 5) is 4.43. The molecule has 0 aliphatic carbocycles. The number of benzene rings is 2. The van der Waals surface area contributed by atoms with Gasteiger partial charge >= 0.3 is 0 Å². The van der Waals surface area contributed by atoms with Crippen LogP contribution in [0, 0.1) is 13.8 Å². The molecule has 0 atom stereocenters. The quantitative estimate of drug-likeness (QED) is 0.420. The van der Waals surface area contributed by atoms with Crippen LogP contribution in [-0.4, -0.2) is 20.3 Å². The fourth-order valence-corrected chi connectivity index (χ4v) is 3.19. The van der Waals surface area contributed by atoms with E-state index in [4.69, 9.17) is 13.7 Å².